The Morgan fingerprint density at radius 3 is 2.67 bits per heavy atom. The molecule has 0 unspecified atom stereocenters. The number of aromatic nitrogens is 3. The number of fused-ring (bicyclic) bond motifs is 2. The fourth-order valence-electron chi connectivity index (χ4n) is 3.12. The molecular weight excluding hydrogens is 365 g/mol. The summed E-state index contributed by atoms with van der Waals surface area (Å²) in [6, 6.07) is 6.87. The van der Waals surface area contributed by atoms with Gasteiger partial charge in [-0.3, -0.25) is 9.36 Å². The second-order valence-electron chi connectivity index (χ2n) is 6.73. The van der Waals surface area contributed by atoms with Gasteiger partial charge in [0, 0.05) is 17.7 Å². The number of thiazole rings is 1. The topological polar surface area (TPSA) is 57.0 Å². The predicted octanol–water partition coefficient (Wildman–Crippen LogP) is 4.71. The highest BCUT2D eigenvalue weighted by Gasteiger charge is 2.17. The Balaban J connectivity index is 2.02. The second-order valence-corrected chi connectivity index (χ2v) is 7.77. The Morgan fingerprint density at radius 1 is 1.19 bits per heavy atom. The van der Waals surface area contributed by atoms with Crippen LogP contribution in [0.25, 0.3) is 31.7 Å². The van der Waals surface area contributed by atoms with Crippen LogP contribution in [0.4, 0.5) is 4.39 Å². The molecule has 0 N–H and O–H groups in total. The van der Waals surface area contributed by atoms with Gasteiger partial charge in [0.1, 0.15) is 16.3 Å². The van der Waals surface area contributed by atoms with Crippen molar-refractivity contribution in [2.45, 2.75) is 26.8 Å². The molecule has 2 aromatic heterocycles. The normalized spacial score (nSPS) is 11.6. The lowest BCUT2D eigenvalue weighted by Gasteiger charge is -2.11. The Morgan fingerprint density at radius 2 is 1.96 bits per heavy atom. The van der Waals surface area contributed by atoms with Gasteiger partial charge in [-0.15, -0.1) is 11.3 Å². The van der Waals surface area contributed by atoms with E-state index in [0.717, 1.165) is 11.1 Å². The van der Waals surface area contributed by atoms with Crippen LogP contribution in [0.1, 0.15) is 25.5 Å². The van der Waals surface area contributed by atoms with Crippen molar-refractivity contribution in [3.05, 3.63) is 52.3 Å². The van der Waals surface area contributed by atoms with Crippen LogP contribution >= 0.6 is 11.3 Å². The molecule has 0 saturated heterocycles. The van der Waals surface area contributed by atoms with E-state index in [1.165, 1.54) is 24.5 Å². The van der Waals surface area contributed by atoms with Gasteiger partial charge in [0.25, 0.3) is 5.56 Å². The smallest absolute Gasteiger partial charge is 0.261 e. The zero-order valence-corrected chi connectivity index (χ0v) is 16.2. The van der Waals surface area contributed by atoms with Gasteiger partial charge in [-0.05, 0) is 44.5 Å². The van der Waals surface area contributed by atoms with E-state index in [4.69, 9.17) is 4.74 Å². The Kier molecular flexibility index (Phi) is 4.19. The van der Waals surface area contributed by atoms with Crippen molar-refractivity contribution in [3.63, 3.8) is 0 Å². The summed E-state index contributed by atoms with van der Waals surface area (Å²) >= 11 is 1.35. The van der Waals surface area contributed by atoms with Crippen LogP contribution in [0, 0.1) is 12.7 Å². The lowest BCUT2D eigenvalue weighted by Crippen LogP contribution is -2.22. The molecule has 27 heavy (non-hydrogen) atoms. The average molecular weight is 383 g/mol. The van der Waals surface area contributed by atoms with Gasteiger partial charge in [-0.2, -0.15) is 0 Å². The van der Waals surface area contributed by atoms with Crippen LogP contribution in [-0.2, 0) is 0 Å². The van der Waals surface area contributed by atoms with Crippen LogP contribution in [0.5, 0.6) is 5.75 Å². The van der Waals surface area contributed by atoms with Crippen molar-refractivity contribution >= 4 is 32.5 Å². The minimum absolute atomic E-state index is 0.0161. The number of hydrogen-bond acceptors (Lipinski definition) is 5. The second kappa shape index (κ2) is 6.42. The molecule has 0 aliphatic rings. The molecular formula is C20H18FN3O2S. The lowest BCUT2D eigenvalue weighted by molar-refractivity contribution is 0.412. The van der Waals surface area contributed by atoms with Crippen molar-refractivity contribution in [1.29, 1.82) is 0 Å². The first-order valence-corrected chi connectivity index (χ1v) is 9.36. The molecule has 5 nitrogen and oxygen atoms in total. The van der Waals surface area contributed by atoms with Gasteiger partial charge in [0.05, 0.1) is 29.0 Å². The summed E-state index contributed by atoms with van der Waals surface area (Å²) in [5.74, 6) is 0.0150. The minimum Gasteiger partial charge on any atom is -0.497 e. The van der Waals surface area contributed by atoms with E-state index < -0.39 is 5.82 Å². The summed E-state index contributed by atoms with van der Waals surface area (Å²) in [5, 5.41) is 1.17. The van der Waals surface area contributed by atoms with Crippen molar-refractivity contribution in [1.82, 2.24) is 14.5 Å². The first-order chi connectivity index (χ1) is 12.9. The van der Waals surface area contributed by atoms with Crippen LogP contribution in [0.2, 0.25) is 0 Å². The average Bonchev–Trinajstić information content (AvgIpc) is 3.06. The standard InChI is InChI=1S/C20H18FN3O2S/c1-10(2)24-9-22-17-13(5-11(3)6-14(17)20(24)25)19-23-18-15(21)7-12(26-4)8-16(18)27-19/h5-10H,1-4H3. The third-order valence-corrected chi connectivity index (χ3v) is 5.51. The van der Waals surface area contributed by atoms with Gasteiger partial charge in [-0.25, -0.2) is 14.4 Å². The highest BCUT2D eigenvalue weighted by Crippen LogP contribution is 2.36. The van der Waals surface area contributed by atoms with Crippen molar-refractivity contribution < 1.29 is 9.13 Å². The Bertz CT molecular complexity index is 1240. The van der Waals surface area contributed by atoms with Gasteiger partial charge in [0.2, 0.25) is 0 Å². The summed E-state index contributed by atoms with van der Waals surface area (Å²) in [6.45, 7) is 5.80. The van der Waals surface area contributed by atoms with Crippen molar-refractivity contribution in [2.75, 3.05) is 7.11 Å². The molecule has 0 amide bonds. The zero-order valence-electron chi connectivity index (χ0n) is 15.4. The maximum Gasteiger partial charge on any atom is 0.261 e. The van der Waals surface area contributed by atoms with Crippen LogP contribution in [0.15, 0.2) is 35.4 Å². The fraction of sp³-hybridized carbons (Fsp3) is 0.250. The van der Waals surface area contributed by atoms with E-state index in [9.17, 15) is 9.18 Å². The molecule has 0 aliphatic heterocycles. The third kappa shape index (κ3) is 2.88. The molecule has 2 heterocycles. The summed E-state index contributed by atoms with van der Waals surface area (Å²) in [4.78, 5) is 21.8. The number of methoxy groups -OCH3 is 1. The quantitative estimate of drug-likeness (QED) is 0.514. The summed E-state index contributed by atoms with van der Waals surface area (Å²) in [6.07, 6.45) is 1.56. The maximum absolute atomic E-state index is 14.4. The van der Waals surface area contributed by atoms with Crippen LogP contribution in [0.3, 0.4) is 0 Å². The van der Waals surface area contributed by atoms with Crippen molar-refractivity contribution in [2.24, 2.45) is 0 Å². The molecule has 2 aromatic carbocycles. The molecule has 0 saturated carbocycles. The molecule has 0 aliphatic carbocycles. The molecule has 0 bridgehead atoms. The monoisotopic (exact) mass is 383 g/mol. The molecule has 4 aromatic rings. The van der Waals surface area contributed by atoms with E-state index >= 15 is 0 Å². The van der Waals surface area contributed by atoms with E-state index in [0.29, 0.717) is 31.9 Å². The minimum atomic E-state index is -0.432. The van der Waals surface area contributed by atoms with Gasteiger partial charge in [-0.1, -0.05) is 0 Å². The third-order valence-electron chi connectivity index (χ3n) is 4.47. The number of halogens is 1. The van der Waals surface area contributed by atoms with Gasteiger partial charge >= 0.3 is 0 Å². The maximum atomic E-state index is 14.4. The fourth-order valence-corrected chi connectivity index (χ4v) is 4.15. The molecule has 138 valence electrons. The van der Waals surface area contributed by atoms with Gasteiger partial charge in [0.15, 0.2) is 5.82 Å². The zero-order chi connectivity index (χ0) is 19.3. The first-order valence-electron chi connectivity index (χ1n) is 8.55. The molecule has 7 heteroatoms. The number of ether oxygens (including phenoxy) is 1. The number of nitrogens with zero attached hydrogens (tertiary/aromatic N) is 3. The Hall–Kier alpha value is -2.80. The highest BCUT2D eigenvalue weighted by molar-refractivity contribution is 7.21. The molecule has 0 spiro atoms. The number of benzene rings is 2. The largest absolute Gasteiger partial charge is 0.497 e. The molecule has 0 fully saturated rings. The van der Waals surface area contributed by atoms with E-state index in [1.807, 2.05) is 32.9 Å². The predicted molar refractivity (Wildman–Crippen MR) is 106 cm³/mol. The van der Waals surface area contributed by atoms with Crippen LogP contribution < -0.4 is 10.3 Å². The Labute approximate surface area is 159 Å². The summed E-state index contributed by atoms with van der Waals surface area (Å²) in [5.41, 5.74) is 2.44. The number of rotatable bonds is 3. The first kappa shape index (κ1) is 17.6. The highest BCUT2D eigenvalue weighted by atomic mass is 32.1. The van der Waals surface area contributed by atoms with E-state index in [2.05, 4.69) is 9.97 Å². The SMILES string of the molecule is COc1cc(F)c2nc(-c3cc(C)cc4c(=O)n(C(C)C)cnc34)sc2c1. The number of aryl methyl sites for hydroxylation is 1. The van der Waals surface area contributed by atoms with Crippen LogP contribution in [-0.4, -0.2) is 21.6 Å². The number of hydrogen-bond donors (Lipinski definition) is 0. The summed E-state index contributed by atoms with van der Waals surface area (Å²) in [7, 11) is 1.50. The molecule has 0 radical (unpaired) electrons. The van der Waals surface area contributed by atoms with Gasteiger partial charge < -0.3 is 4.74 Å². The lowest BCUT2D eigenvalue weighted by atomic mass is 10.1. The van der Waals surface area contributed by atoms with E-state index in [1.54, 1.807) is 17.0 Å². The molecule has 0 atom stereocenters. The molecule has 4 rings (SSSR count). The summed E-state index contributed by atoms with van der Waals surface area (Å²) < 4.78 is 21.8. The van der Waals surface area contributed by atoms with Crippen molar-refractivity contribution in [3.8, 4) is 16.3 Å². The van der Waals surface area contributed by atoms with E-state index in [-0.39, 0.29) is 11.6 Å².